The molecule has 0 fully saturated rings. The summed E-state index contributed by atoms with van der Waals surface area (Å²) in [5.74, 6) is -0.271. The van der Waals surface area contributed by atoms with E-state index in [1.165, 1.54) is 6.92 Å². The van der Waals surface area contributed by atoms with Gasteiger partial charge < -0.3 is 15.8 Å². The van der Waals surface area contributed by atoms with Crippen molar-refractivity contribution >= 4 is 17.4 Å². The maximum Gasteiger partial charge on any atom is 0.241 e. The number of amides is 1. The Bertz CT molecular complexity index is 415. The average molecular weight is 250 g/mol. The van der Waals surface area contributed by atoms with Crippen LogP contribution in [0.15, 0.2) is 24.3 Å². The number of hydrogen-bond acceptors (Lipinski definition) is 4. The van der Waals surface area contributed by atoms with Crippen molar-refractivity contribution in [3.8, 4) is 0 Å². The molecule has 0 radical (unpaired) electrons. The molecule has 1 unspecified atom stereocenters. The van der Waals surface area contributed by atoms with Gasteiger partial charge in [0.2, 0.25) is 5.91 Å². The fourth-order valence-electron chi connectivity index (χ4n) is 1.40. The summed E-state index contributed by atoms with van der Waals surface area (Å²) >= 11 is 0. The molecule has 0 aromatic heterocycles. The fourth-order valence-corrected chi connectivity index (χ4v) is 1.40. The molecule has 5 heteroatoms. The standard InChI is InChI=1S/C13H18N2O3/c1-9(16)10-3-5-11(6-4-10)15-13(17)12(14)7-8-18-2/h3-6,12H,7-8,14H2,1-2H3,(H,15,17). The van der Waals surface area contributed by atoms with Crippen LogP contribution in [0.5, 0.6) is 0 Å². The van der Waals surface area contributed by atoms with Crippen LogP contribution < -0.4 is 11.1 Å². The van der Waals surface area contributed by atoms with Gasteiger partial charge >= 0.3 is 0 Å². The minimum absolute atomic E-state index is 0.00956. The van der Waals surface area contributed by atoms with Gasteiger partial charge in [0.15, 0.2) is 5.78 Å². The Hall–Kier alpha value is -1.72. The van der Waals surface area contributed by atoms with E-state index in [4.69, 9.17) is 10.5 Å². The first-order valence-electron chi connectivity index (χ1n) is 5.71. The molecule has 1 aromatic carbocycles. The van der Waals surface area contributed by atoms with Crippen LogP contribution in [-0.2, 0) is 9.53 Å². The van der Waals surface area contributed by atoms with E-state index in [9.17, 15) is 9.59 Å². The van der Waals surface area contributed by atoms with Crippen LogP contribution in [0.2, 0.25) is 0 Å². The number of nitrogens with two attached hydrogens (primary N) is 1. The molecule has 0 saturated carbocycles. The number of ether oxygens (including phenoxy) is 1. The smallest absolute Gasteiger partial charge is 0.241 e. The molecule has 0 aliphatic carbocycles. The third-order valence-corrected chi connectivity index (χ3v) is 2.53. The average Bonchev–Trinajstić information content (AvgIpc) is 2.36. The van der Waals surface area contributed by atoms with E-state index in [0.29, 0.717) is 24.3 Å². The van der Waals surface area contributed by atoms with Crippen molar-refractivity contribution in [3.63, 3.8) is 0 Å². The Balaban J connectivity index is 2.56. The zero-order valence-corrected chi connectivity index (χ0v) is 10.6. The number of hydrogen-bond donors (Lipinski definition) is 2. The van der Waals surface area contributed by atoms with Crippen LogP contribution in [0.3, 0.4) is 0 Å². The molecule has 0 saturated heterocycles. The summed E-state index contributed by atoms with van der Waals surface area (Å²) in [6.07, 6.45) is 0.466. The summed E-state index contributed by atoms with van der Waals surface area (Å²) in [5.41, 5.74) is 6.91. The number of methoxy groups -OCH3 is 1. The SMILES string of the molecule is COCCC(N)C(=O)Nc1ccc(C(C)=O)cc1. The number of rotatable bonds is 6. The molecule has 1 amide bonds. The Morgan fingerprint density at radius 2 is 1.94 bits per heavy atom. The molecule has 1 aromatic rings. The third kappa shape index (κ3) is 4.27. The van der Waals surface area contributed by atoms with Gasteiger partial charge in [-0.15, -0.1) is 0 Å². The fraction of sp³-hybridized carbons (Fsp3) is 0.385. The van der Waals surface area contributed by atoms with E-state index in [0.717, 1.165) is 0 Å². The van der Waals surface area contributed by atoms with Crippen LogP contribution in [0.4, 0.5) is 5.69 Å². The molecule has 0 spiro atoms. The number of Topliss-reactive ketones (excluding diaryl/α,β-unsaturated/α-hetero) is 1. The zero-order valence-electron chi connectivity index (χ0n) is 10.6. The number of anilines is 1. The lowest BCUT2D eigenvalue weighted by Crippen LogP contribution is -2.36. The van der Waals surface area contributed by atoms with E-state index in [-0.39, 0.29) is 11.7 Å². The van der Waals surface area contributed by atoms with E-state index in [2.05, 4.69) is 5.32 Å². The maximum atomic E-state index is 11.7. The Morgan fingerprint density at radius 3 is 2.44 bits per heavy atom. The summed E-state index contributed by atoms with van der Waals surface area (Å²) in [5, 5.41) is 2.69. The van der Waals surface area contributed by atoms with Crippen molar-refractivity contribution in [1.29, 1.82) is 0 Å². The first kappa shape index (κ1) is 14.3. The second kappa shape index (κ2) is 6.88. The molecule has 18 heavy (non-hydrogen) atoms. The van der Waals surface area contributed by atoms with Gasteiger partial charge in [0.25, 0.3) is 0 Å². The molecule has 0 bridgehead atoms. The van der Waals surface area contributed by atoms with Crippen LogP contribution >= 0.6 is 0 Å². The summed E-state index contributed by atoms with van der Waals surface area (Å²) in [6.45, 7) is 1.94. The van der Waals surface area contributed by atoms with Crippen molar-refractivity contribution in [2.75, 3.05) is 19.0 Å². The molecule has 3 N–H and O–H groups in total. The lowest BCUT2D eigenvalue weighted by Gasteiger charge is -2.11. The summed E-state index contributed by atoms with van der Waals surface area (Å²) in [7, 11) is 1.56. The van der Waals surface area contributed by atoms with E-state index >= 15 is 0 Å². The van der Waals surface area contributed by atoms with Gasteiger partial charge in [-0.1, -0.05) is 0 Å². The van der Waals surface area contributed by atoms with Crippen molar-refractivity contribution in [3.05, 3.63) is 29.8 Å². The molecule has 1 atom stereocenters. The third-order valence-electron chi connectivity index (χ3n) is 2.53. The molecule has 1 rings (SSSR count). The van der Waals surface area contributed by atoms with Crippen molar-refractivity contribution in [1.82, 2.24) is 0 Å². The molecule has 98 valence electrons. The second-order valence-corrected chi connectivity index (χ2v) is 4.01. The van der Waals surface area contributed by atoms with Crippen LogP contribution in [0.25, 0.3) is 0 Å². The highest BCUT2D eigenvalue weighted by Crippen LogP contribution is 2.10. The lowest BCUT2D eigenvalue weighted by atomic mass is 10.1. The number of ketones is 1. The van der Waals surface area contributed by atoms with Gasteiger partial charge in [0.05, 0.1) is 6.04 Å². The van der Waals surface area contributed by atoms with Crippen LogP contribution in [0.1, 0.15) is 23.7 Å². The van der Waals surface area contributed by atoms with Crippen molar-refractivity contribution in [2.45, 2.75) is 19.4 Å². The van der Waals surface area contributed by atoms with E-state index < -0.39 is 6.04 Å². The van der Waals surface area contributed by atoms with Gasteiger partial charge in [-0.2, -0.15) is 0 Å². The Labute approximate surface area is 106 Å². The number of nitrogens with one attached hydrogen (secondary N) is 1. The minimum atomic E-state index is -0.600. The zero-order chi connectivity index (χ0) is 13.5. The topological polar surface area (TPSA) is 81.4 Å². The minimum Gasteiger partial charge on any atom is -0.385 e. The highest BCUT2D eigenvalue weighted by atomic mass is 16.5. The maximum absolute atomic E-state index is 11.7. The highest BCUT2D eigenvalue weighted by Gasteiger charge is 2.13. The Kier molecular flexibility index (Phi) is 5.48. The Morgan fingerprint density at radius 1 is 1.33 bits per heavy atom. The number of benzene rings is 1. The summed E-state index contributed by atoms with van der Waals surface area (Å²) in [6, 6.07) is 6.09. The predicted octanol–water partition coefficient (Wildman–Crippen LogP) is 1.19. The van der Waals surface area contributed by atoms with E-state index in [1.807, 2.05) is 0 Å². The lowest BCUT2D eigenvalue weighted by molar-refractivity contribution is -0.117. The first-order chi connectivity index (χ1) is 8.54. The normalized spacial score (nSPS) is 11.9. The van der Waals surface area contributed by atoms with Gasteiger partial charge in [-0.25, -0.2) is 0 Å². The van der Waals surface area contributed by atoms with Crippen molar-refractivity contribution < 1.29 is 14.3 Å². The largest absolute Gasteiger partial charge is 0.385 e. The molecule has 0 aliphatic heterocycles. The first-order valence-corrected chi connectivity index (χ1v) is 5.71. The van der Waals surface area contributed by atoms with Gasteiger partial charge in [-0.05, 0) is 37.6 Å². The van der Waals surface area contributed by atoms with Gasteiger partial charge in [-0.3, -0.25) is 9.59 Å². The molecular formula is C13H18N2O3. The van der Waals surface area contributed by atoms with Crippen LogP contribution in [-0.4, -0.2) is 31.4 Å². The van der Waals surface area contributed by atoms with Crippen molar-refractivity contribution in [2.24, 2.45) is 5.73 Å². The quantitative estimate of drug-likeness (QED) is 0.743. The molecular weight excluding hydrogens is 232 g/mol. The highest BCUT2D eigenvalue weighted by molar-refractivity contribution is 5.97. The number of carbonyl (C=O) groups is 2. The number of carbonyl (C=O) groups excluding carboxylic acids is 2. The predicted molar refractivity (Wildman–Crippen MR) is 69.5 cm³/mol. The summed E-state index contributed by atoms with van der Waals surface area (Å²) < 4.78 is 4.86. The monoisotopic (exact) mass is 250 g/mol. The second-order valence-electron chi connectivity index (χ2n) is 4.01. The van der Waals surface area contributed by atoms with Gasteiger partial charge in [0, 0.05) is 25.0 Å². The van der Waals surface area contributed by atoms with E-state index in [1.54, 1.807) is 31.4 Å². The van der Waals surface area contributed by atoms with Crippen LogP contribution in [0, 0.1) is 0 Å². The van der Waals surface area contributed by atoms with Gasteiger partial charge in [0.1, 0.15) is 0 Å². The molecule has 0 heterocycles. The summed E-state index contributed by atoms with van der Waals surface area (Å²) in [4.78, 5) is 22.8. The molecule has 0 aliphatic rings. The molecule has 5 nitrogen and oxygen atoms in total.